The van der Waals surface area contributed by atoms with Crippen LogP contribution in [0, 0.1) is 0 Å². The van der Waals surface area contributed by atoms with Crippen LogP contribution in [0.25, 0.3) is 0 Å². The van der Waals surface area contributed by atoms with Gasteiger partial charge in [-0.1, -0.05) is 15.9 Å². The Bertz CT molecular complexity index is 502. The number of carbonyl (C=O) groups is 1. The number of methoxy groups -OCH3 is 2. The van der Waals surface area contributed by atoms with Gasteiger partial charge < -0.3 is 14.6 Å². The van der Waals surface area contributed by atoms with Gasteiger partial charge in [0.1, 0.15) is 0 Å². The molecule has 1 unspecified atom stereocenters. The normalized spacial score (nSPS) is 12.9. The maximum Gasteiger partial charge on any atom is 0.396 e. The van der Waals surface area contributed by atoms with E-state index in [2.05, 4.69) is 15.9 Å². The average molecular weight is 357 g/mol. The molecule has 0 amide bonds. The van der Waals surface area contributed by atoms with Gasteiger partial charge in [0, 0.05) is 4.47 Å². The third-order valence-corrected chi connectivity index (χ3v) is 3.34. The summed E-state index contributed by atoms with van der Waals surface area (Å²) in [7, 11) is 2.64. The van der Waals surface area contributed by atoms with E-state index < -0.39 is 24.5 Å². The molecule has 0 saturated heterocycles. The van der Waals surface area contributed by atoms with Crippen LogP contribution in [0.5, 0.6) is 11.5 Å². The molecule has 0 bridgehead atoms. The largest absolute Gasteiger partial charge is 0.493 e. The first-order chi connectivity index (χ1) is 9.20. The summed E-state index contributed by atoms with van der Waals surface area (Å²) in [5, 5.41) is 8.66. The first kappa shape index (κ1) is 16.6. The Hall–Kier alpha value is -1.44. The summed E-state index contributed by atoms with van der Waals surface area (Å²) in [5.41, 5.74) is -0.211. The highest BCUT2D eigenvalue weighted by Gasteiger charge is 2.43. The van der Waals surface area contributed by atoms with Crippen molar-refractivity contribution in [2.75, 3.05) is 14.2 Å². The number of rotatable bonds is 5. The van der Waals surface area contributed by atoms with E-state index in [0.29, 0.717) is 0 Å². The summed E-state index contributed by atoms with van der Waals surface area (Å²) in [6, 6.07) is 2.44. The second kappa shape index (κ2) is 6.34. The fourth-order valence-corrected chi connectivity index (χ4v) is 2.31. The van der Waals surface area contributed by atoms with Gasteiger partial charge in [-0.25, -0.2) is 0 Å². The van der Waals surface area contributed by atoms with E-state index in [1.807, 2.05) is 0 Å². The number of hydrogen-bond donors (Lipinski definition) is 1. The standard InChI is InChI=1S/C12H12BrF3O4/c1-19-9-3-6(8(13)5-10(9)20-2)7(4-11(17)18)12(14,15)16/h3,5,7H,4H2,1-2H3,(H,17,18). The highest BCUT2D eigenvalue weighted by molar-refractivity contribution is 9.10. The van der Waals surface area contributed by atoms with Crippen molar-refractivity contribution in [1.82, 2.24) is 0 Å². The number of halogens is 4. The van der Waals surface area contributed by atoms with Crippen molar-refractivity contribution in [1.29, 1.82) is 0 Å². The molecule has 0 spiro atoms. The van der Waals surface area contributed by atoms with Crippen LogP contribution in [-0.4, -0.2) is 31.5 Å². The van der Waals surface area contributed by atoms with Crippen molar-refractivity contribution in [3.05, 3.63) is 22.2 Å². The number of ether oxygens (including phenoxy) is 2. The van der Waals surface area contributed by atoms with Gasteiger partial charge in [0.2, 0.25) is 0 Å². The number of aliphatic carboxylic acids is 1. The van der Waals surface area contributed by atoms with Gasteiger partial charge in [0.05, 0.1) is 26.6 Å². The second-order valence-corrected chi connectivity index (χ2v) is 4.78. The molecule has 1 N–H and O–H groups in total. The molecule has 20 heavy (non-hydrogen) atoms. The predicted octanol–water partition coefficient (Wildman–Crippen LogP) is 3.59. The summed E-state index contributed by atoms with van der Waals surface area (Å²) in [6.07, 6.45) is -5.74. The lowest BCUT2D eigenvalue weighted by Crippen LogP contribution is -2.24. The lowest BCUT2D eigenvalue weighted by molar-refractivity contribution is -0.163. The Morgan fingerprint density at radius 2 is 1.80 bits per heavy atom. The van der Waals surface area contributed by atoms with E-state index in [9.17, 15) is 18.0 Å². The maximum absolute atomic E-state index is 13.0. The van der Waals surface area contributed by atoms with E-state index >= 15 is 0 Å². The molecular weight excluding hydrogens is 345 g/mol. The Morgan fingerprint density at radius 1 is 1.30 bits per heavy atom. The van der Waals surface area contributed by atoms with Gasteiger partial charge >= 0.3 is 12.1 Å². The fraction of sp³-hybridized carbons (Fsp3) is 0.417. The molecule has 0 radical (unpaired) electrons. The van der Waals surface area contributed by atoms with Crippen LogP contribution in [0.2, 0.25) is 0 Å². The molecule has 0 aliphatic heterocycles. The molecule has 0 aromatic heterocycles. The van der Waals surface area contributed by atoms with Crippen LogP contribution >= 0.6 is 15.9 Å². The van der Waals surface area contributed by atoms with E-state index in [1.54, 1.807) is 0 Å². The van der Waals surface area contributed by atoms with Crippen molar-refractivity contribution in [2.45, 2.75) is 18.5 Å². The minimum atomic E-state index is -4.68. The summed E-state index contributed by atoms with van der Waals surface area (Å²) in [6.45, 7) is 0. The number of carboxylic acids is 1. The van der Waals surface area contributed by atoms with Crippen LogP contribution in [-0.2, 0) is 4.79 Å². The smallest absolute Gasteiger partial charge is 0.396 e. The molecule has 0 saturated carbocycles. The molecule has 1 aromatic rings. The summed E-state index contributed by atoms with van der Waals surface area (Å²) >= 11 is 3.01. The molecule has 4 nitrogen and oxygen atoms in total. The van der Waals surface area contributed by atoms with E-state index in [1.165, 1.54) is 20.3 Å². The maximum atomic E-state index is 13.0. The van der Waals surface area contributed by atoms with Crippen LogP contribution in [0.3, 0.4) is 0 Å². The Balaban J connectivity index is 3.36. The van der Waals surface area contributed by atoms with Crippen molar-refractivity contribution >= 4 is 21.9 Å². The fourth-order valence-electron chi connectivity index (χ4n) is 1.71. The summed E-state index contributed by atoms with van der Waals surface area (Å²) in [5.74, 6) is -3.31. The highest BCUT2D eigenvalue weighted by atomic mass is 79.9. The second-order valence-electron chi connectivity index (χ2n) is 3.92. The van der Waals surface area contributed by atoms with Crippen LogP contribution in [0.15, 0.2) is 16.6 Å². The SMILES string of the molecule is COc1cc(Br)c(C(CC(=O)O)C(F)(F)F)cc1OC. The van der Waals surface area contributed by atoms with Crippen molar-refractivity contribution in [3.8, 4) is 11.5 Å². The van der Waals surface area contributed by atoms with Gasteiger partial charge in [0.25, 0.3) is 0 Å². The van der Waals surface area contributed by atoms with Gasteiger partial charge in [0.15, 0.2) is 11.5 Å². The molecule has 112 valence electrons. The first-order valence-electron chi connectivity index (χ1n) is 5.40. The molecule has 1 aromatic carbocycles. The summed E-state index contributed by atoms with van der Waals surface area (Å²) < 4.78 is 49.0. The molecule has 1 rings (SSSR count). The Kier molecular flexibility index (Phi) is 5.27. The number of hydrogen-bond acceptors (Lipinski definition) is 3. The molecular formula is C12H12BrF3O4. The zero-order valence-corrected chi connectivity index (χ0v) is 12.2. The van der Waals surface area contributed by atoms with Gasteiger partial charge in [-0.3, -0.25) is 4.79 Å². The minimum Gasteiger partial charge on any atom is -0.493 e. The van der Waals surface area contributed by atoms with E-state index in [0.717, 1.165) is 6.07 Å². The highest BCUT2D eigenvalue weighted by Crippen LogP contribution is 2.44. The predicted molar refractivity (Wildman–Crippen MR) is 68.3 cm³/mol. The minimum absolute atomic E-state index is 0.102. The zero-order chi connectivity index (χ0) is 15.5. The van der Waals surface area contributed by atoms with Crippen molar-refractivity contribution in [2.24, 2.45) is 0 Å². The van der Waals surface area contributed by atoms with E-state index in [4.69, 9.17) is 14.6 Å². The van der Waals surface area contributed by atoms with E-state index in [-0.39, 0.29) is 21.5 Å². The third-order valence-electron chi connectivity index (χ3n) is 2.65. The van der Waals surface area contributed by atoms with Gasteiger partial charge in [-0.15, -0.1) is 0 Å². The Morgan fingerprint density at radius 3 is 2.20 bits per heavy atom. The van der Waals surface area contributed by atoms with Gasteiger partial charge in [-0.05, 0) is 17.7 Å². The van der Waals surface area contributed by atoms with Crippen molar-refractivity contribution < 1.29 is 32.5 Å². The number of benzene rings is 1. The number of alkyl halides is 3. The lowest BCUT2D eigenvalue weighted by atomic mass is 9.94. The molecule has 0 fully saturated rings. The number of carboxylic acid groups (broad SMARTS) is 1. The Labute approximate surface area is 121 Å². The summed E-state index contributed by atoms with van der Waals surface area (Å²) in [4.78, 5) is 10.6. The van der Waals surface area contributed by atoms with Crippen LogP contribution in [0.1, 0.15) is 17.9 Å². The van der Waals surface area contributed by atoms with Crippen LogP contribution < -0.4 is 9.47 Å². The molecule has 0 aliphatic carbocycles. The van der Waals surface area contributed by atoms with Crippen molar-refractivity contribution in [3.63, 3.8) is 0 Å². The quantitative estimate of drug-likeness (QED) is 0.875. The third kappa shape index (κ3) is 3.78. The molecule has 0 aliphatic rings. The topological polar surface area (TPSA) is 55.8 Å². The van der Waals surface area contributed by atoms with Gasteiger partial charge in [-0.2, -0.15) is 13.2 Å². The monoisotopic (exact) mass is 356 g/mol. The lowest BCUT2D eigenvalue weighted by Gasteiger charge is -2.21. The van der Waals surface area contributed by atoms with Crippen LogP contribution in [0.4, 0.5) is 13.2 Å². The molecule has 8 heteroatoms. The average Bonchev–Trinajstić information content (AvgIpc) is 2.34. The molecule has 1 atom stereocenters. The molecule has 0 heterocycles. The first-order valence-corrected chi connectivity index (χ1v) is 6.20. The zero-order valence-electron chi connectivity index (χ0n) is 10.6.